The molecule has 1 aliphatic heterocycles. The van der Waals surface area contributed by atoms with Crippen LogP contribution < -0.4 is 14.2 Å². The van der Waals surface area contributed by atoms with Crippen LogP contribution in [0.3, 0.4) is 0 Å². The van der Waals surface area contributed by atoms with Crippen molar-refractivity contribution in [2.24, 2.45) is 0 Å². The number of ketones is 1. The Morgan fingerprint density at radius 1 is 1.08 bits per heavy atom. The van der Waals surface area contributed by atoms with Gasteiger partial charge in [-0.25, -0.2) is 4.98 Å². The van der Waals surface area contributed by atoms with Crippen molar-refractivity contribution in [1.82, 2.24) is 14.5 Å². The fraction of sp³-hybridized carbons (Fsp3) is 0.296. The average Bonchev–Trinajstić information content (AvgIpc) is 3.51. The van der Waals surface area contributed by atoms with Gasteiger partial charge in [0.2, 0.25) is 0 Å². The molecule has 1 aliphatic rings. The number of aliphatic hydroxyl groups is 1. The molecule has 10 heteroatoms. The van der Waals surface area contributed by atoms with Crippen LogP contribution in [0.25, 0.3) is 5.76 Å². The van der Waals surface area contributed by atoms with E-state index in [1.807, 2.05) is 17.7 Å². The number of imidazole rings is 1. The Balaban J connectivity index is 1.81. The van der Waals surface area contributed by atoms with Crippen molar-refractivity contribution in [2.75, 3.05) is 27.4 Å². The van der Waals surface area contributed by atoms with Gasteiger partial charge in [-0.05, 0) is 49.7 Å². The van der Waals surface area contributed by atoms with E-state index >= 15 is 0 Å². The molecule has 2 heterocycles. The zero-order valence-electron chi connectivity index (χ0n) is 20.8. The molecule has 1 fully saturated rings. The van der Waals surface area contributed by atoms with Crippen molar-refractivity contribution in [2.45, 2.75) is 25.9 Å². The summed E-state index contributed by atoms with van der Waals surface area (Å²) in [6, 6.07) is 8.94. The molecule has 9 nitrogen and oxygen atoms in total. The molecule has 0 unspecified atom stereocenters. The van der Waals surface area contributed by atoms with E-state index in [1.54, 1.807) is 42.9 Å². The fourth-order valence-electron chi connectivity index (χ4n) is 4.41. The number of hydrogen-bond donors (Lipinski definition) is 1. The molecular formula is C27H28ClN3O6. The third-order valence-corrected chi connectivity index (χ3v) is 6.45. The standard InChI is InChI=1S/C27H28ClN3O6/c1-4-37-22-8-6-17(14-20(22)28)25(32)23-24(19-15-18(35-2)7-9-21(19)36-3)31(27(34)26(23)33)12-5-11-30-13-10-29-16-30/h6-10,13-16,24,32H,4-5,11-12H2,1-3H3/b25-23+/t24-/m0/s1. The first-order chi connectivity index (χ1) is 17.9. The summed E-state index contributed by atoms with van der Waals surface area (Å²) < 4.78 is 18.3. The second kappa shape index (κ2) is 11.4. The van der Waals surface area contributed by atoms with Gasteiger partial charge in [0.1, 0.15) is 23.0 Å². The summed E-state index contributed by atoms with van der Waals surface area (Å²) in [4.78, 5) is 32.1. The molecular weight excluding hydrogens is 498 g/mol. The smallest absolute Gasteiger partial charge is 0.295 e. The lowest BCUT2D eigenvalue weighted by atomic mass is 9.94. The summed E-state index contributed by atoms with van der Waals surface area (Å²) in [5.74, 6) is -0.423. The molecule has 2 aromatic carbocycles. The van der Waals surface area contributed by atoms with Crippen LogP contribution in [-0.4, -0.2) is 58.6 Å². The zero-order chi connectivity index (χ0) is 26.5. The summed E-state index contributed by atoms with van der Waals surface area (Å²) >= 11 is 6.35. The van der Waals surface area contributed by atoms with Crippen molar-refractivity contribution < 1.29 is 28.9 Å². The van der Waals surface area contributed by atoms with Crippen LogP contribution in [-0.2, 0) is 16.1 Å². The van der Waals surface area contributed by atoms with Crippen molar-refractivity contribution in [3.05, 3.63) is 76.8 Å². The van der Waals surface area contributed by atoms with Crippen LogP contribution in [0, 0.1) is 0 Å². The number of carbonyl (C=O) groups is 2. The number of methoxy groups -OCH3 is 2. The van der Waals surface area contributed by atoms with E-state index in [1.165, 1.54) is 25.2 Å². The Bertz CT molecular complexity index is 1320. The highest BCUT2D eigenvalue weighted by Crippen LogP contribution is 2.44. The average molecular weight is 526 g/mol. The monoisotopic (exact) mass is 525 g/mol. The minimum Gasteiger partial charge on any atom is -0.507 e. The van der Waals surface area contributed by atoms with Gasteiger partial charge in [0.05, 0.1) is 43.8 Å². The molecule has 194 valence electrons. The molecule has 37 heavy (non-hydrogen) atoms. The molecule has 1 saturated heterocycles. The van der Waals surface area contributed by atoms with Gasteiger partial charge >= 0.3 is 0 Å². The van der Waals surface area contributed by atoms with E-state index < -0.39 is 17.7 Å². The SMILES string of the molecule is CCOc1ccc(/C(O)=C2\C(=O)C(=O)N(CCCn3ccnc3)[C@H]2c2cc(OC)ccc2OC)cc1Cl. The molecule has 0 bridgehead atoms. The van der Waals surface area contributed by atoms with Gasteiger partial charge in [0.15, 0.2) is 0 Å². The maximum Gasteiger partial charge on any atom is 0.295 e. The Morgan fingerprint density at radius 3 is 2.51 bits per heavy atom. The van der Waals surface area contributed by atoms with Crippen LogP contribution in [0.15, 0.2) is 60.7 Å². The molecule has 1 N–H and O–H groups in total. The van der Waals surface area contributed by atoms with Gasteiger partial charge in [0.25, 0.3) is 11.7 Å². The molecule has 1 aromatic heterocycles. The Kier molecular flexibility index (Phi) is 8.03. The minimum atomic E-state index is -0.904. The molecule has 0 aliphatic carbocycles. The van der Waals surface area contributed by atoms with Gasteiger partial charge in [-0.3, -0.25) is 9.59 Å². The lowest BCUT2D eigenvalue weighted by molar-refractivity contribution is -0.140. The van der Waals surface area contributed by atoms with E-state index in [9.17, 15) is 14.7 Å². The van der Waals surface area contributed by atoms with E-state index in [2.05, 4.69) is 4.98 Å². The minimum absolute atomic E-state index is 0.0561. The second-order valence-corrected chi connectivity index (χ2v) is 8.74. The predicted octanol–water partition coefficient (Wildman–Crippen LogP) is 4.46. The highest BCUT2D eigenvalue weighted by molar-refractivity contribution is 6.46. The largest absolute Gasteiger partial charge is 0.507 e. The molecule has 3 aromatic rings. The summed E-state index contributed by atoms with van der Waals surface area (Å²) in [6.07, 6.45) is 5.75. The quantitative estimate of drug-likeness (QED) is 0.237. The molecule has 0 radical (unpaired) electrons. The number of Topliss-reactive ketones (excluding diaryl/α,β-unsaturated/α-hetero) is 1. The summed E-state index contributed by atoms with van der Waals surface area (Å²) in [7, 11) is 3.03. The van der Waals surface area contributed by atoms with E-state index in [-0.39, 0.29) is 28.5 Å². The molecule has 4 rings (SSSR count). The normalized spacial score (nSPS) is 16.8. The van der Waals surface area contributed by atoms with E-state index in [4.69, 9.17) is 25.8 Å². The summed E-state index contributed by atoms with van der Waals surface area (Å²) in [5, 5.41) is 11.6. The fourth-order valence-corrected chi connectivity index (χ4v) is 4.64. The van der Waals surface area contributed by atoms with E-state index in [0.717, 1.165) is 0 Å². The van der Waals surface area contributed by atoms with Gasteiger partial charge in [0, 0.05) is 36.6 Å². The molecule has 0 spiro atoms. The number of benzene rings is 2. The maximum absolute atomic E-state index is 13.4. The van der Waals surface area contributed by atoms with Crippen LogP contribution in [0.4, 0.5) is 0 Å². The number of halogens is 1. The first-order valence-electron chi connectivity index (χ1n) is 11.8. The van der Waals surface area contributed by atoms with E-state index in [0.29, 0.717) is 42.4 Å². The number of likely N-dealkylation sites (tertiary alicyclic amines) is 1. The third kappa shape index (κ3) is 5.27. The Morgan fingerprint density at radius 2 is 1.86 bits per heavy atom. The molecule has 1 amide bonds. The van der Waals surface area contributed by atoms with Crippen LogP contribution in [0.1, 0.15) is 30.5 Å². The van der Waals surface area contributed by atoms with Crippen LogP contribution >= 0.6 is 11.6 Å². The number of nitrogens with zero attached hydrogens (tertiary/aromatic N) is 3. The topological polar surface area (TPSA) is 103 Å². The van der Waals surface area contributed by atoms with Gasteiger partial charge in [-0.2, -0.15) is 0 Å². The summed E-state index contributed by atoms with van der Waals surface area (Å²) in [6.45, 7) is 3.11. The number of aliphatic hydroxyl groups excluding tert-OH is 1. The lowest BCUT2D eigenvalue weighted by Gasteiger charge is -2.27. The number of carbonyl (C=O) groups excluding carboxylic acids is 2. The summed E-state index contributed by atoms with van der Waals surface area (Å²) in [5.41, 5.74) is 0.749. The first-order valence-corrected chi connectivity index (χ1v) is 12.2. The van der Waals surface area contributed by atoms with Crippen molar-refractivity contribution >= 4 is 29.1 Å². The number of aryl methyl sites for hydroxylation is 1. The highest BCUT2D eigenvalue weighted by atomic mass is 35.5. The third-order valence-electron chi connectivity index (χ3n) is 6.15. The van der Waals surface area contributed by atoms with Gasteiger partial charge < -0.3 is 28.8 Å². The number of aromatic nitrogens is 2. The van der Waals surface area contributed by atoms with Crippen molar-refractivity contribution in [3.8, 4) is 17.2 Å². The number of hydrogen-bond acceptors (Lipinski definition) is 7. The molecule has 1 atom stereocenters. The Hall–Kier alpha value is -3.98. The number of ether oxygens (including phenoxy) is 3. The highest BCUT2D eigenvalue weighted by Gasteiger charge is 2.47. The Labute approximate surface area is 219 Å². The second-order valence-electron chi connectivity index (χ2n) is 8.33. The van der Waals surface area contributed by atoms with Gasteiger partial charge in [-0.1, -0.05) is 11.6 Å². The van der Waals surface area contributed by atoms with Crippen LogP contribution in [0.5, 0.6) is 17.2 Å². The first kappa shape index (κ1) is 26.1. The van der Waals surface area contributed by atoms with Crippen molar-refractivity contribution in [1.29, 1.82) is 0 Å². The number of amides is 1. The number of rotatable bonds is 10. The van der Waals surface area contributed by atoms with Gasteiger partial charge in [-0.15, -0.1) is 0 Å². The maximum atomic E-state index is 13.4. The predicted molar refractivity (Wildman–Crippen MR) is 138 cm³/mol. The lowest BCUT2D eigenvalue weighted by Crippen LogP contribution is -2.31. The zero-order valence-corrected chi connectivity index (χ0v) is 21.6. The van der Waals surface area contributed by atoms with Crippen molar-refractivity contribution in [3.63, 3.8) is 0 Å². The molecule has 0 saturated carbocycles. The van der Waals surface area contributed by atoms with Crippen LogP contribution in [0.2, 0.25) is 5.02 Å².